The van der Waals surface area contributed by atoms with E-state index < -0.39 is 0 Å². The van der Waals surface area contributed by atoms with E-state index in [9.17, 15) is 0 Å². The summed E-state index contributed by atoms with van der Waals surface area (Å²) in [5.41, 5.74) is 3.57. The first-order valence-corrected chi connectivity index (χ1v) is 7.77. The number of aryl methyl sites for hydroxylation is 1. The van der Waals surface area contributed by atoms with E-state index >= 15 is 0 Å². The predicted octanol–water partition coefficient (Wildman–Crippen LogP) is 4.11. The Kier molecular flexibility index (Phi) is 5.31. The van der Waals surface area contributed by atoms with Crippen molar-refractivity contribution in [1.82, 2.24) is 15.2 Å². The molecule has 0 amide bonds. The fourth-order valence-electron chi connectivity index (χ4n) is 2.20. The summed E-state index contributed by atoms with van der Waals surface area (Å²) in [6, 6.07) is 6.33. The summed E-state index contributed by atoms with van der Waals surface area (Å²) in [7, 11) is 0. The van der Waals surface area contributed by atoms with E-state index in [1.165, 1.54) is 11.1 Å². The second-order valence-electron chi connectivity index (χ2n) is 6.26. The van der Waals surface area contributed by atoms with Gasteiger partial charge in [0.15, 0.2) is 5.82 Å². The molecule has 0 saturated carbocycles. The SMILES string of the molecule is Cc1cccc(C(C)C)c1Nc1cnnc(NCC(C)C)n1. The van der Waals surface area contributed by atoms with Crippen molar-refractivity contribution in [2.45, 2.75) is 40.5 Å². The minimum atomic E-state index is 0.440. The molecule has 2 N–H and O–H groups in total. The molecule has 0 atom stereocenters. The molecule has 2 aromatic rings. The van der Waals surface area contributed by atoms with Crippen molar-refractivity contribution in [2.24, 2.45) is 5.92 Å². The second-order valence-corrected chi connectivity index (χ2v) is 6.26. The molecule has 0 bridgehead atoms. The van der Waals surface area contributed by atoms with Gasteiger partial charge in [-0.25, -0.2) is 0 Å². The average Bonchev–Trinajstić information content (AvgIpc) is 2.47. The van der Waals surface area contributed by atoms with Crippen LogP contribution in [0.5, 0.6) is 0 Å². The third-order valence-corrected chi connectivity index (χ3v) is 3.41. The standard InChI is InChI=1S/C17H25N5/c1-11(2)9-18-17-21-15(10-19-22-17)20-16-13(5)7-6-8-14(16)12(3)4/h6-8,10-12H,9H2,1-5H3,(H2,18,20,21,22). The first kappa shape index (κ1) is 16.2. The number of aromatic nitrogens is 3. The zero-order chi connectivity index (χ0) is 16.1. The van der Waals surface area contributed by atoms with Gasteiger partial charge in [0.25, 0.3) is 0 Å². The molecule has 0 aliphatic heterocycles. The van der Waals surface area contributed by atoms with Crippen molar-refractivity contribution in [3.63, 3.8) is 0 Å². The van der Waals surface area contributed by atoms with E-state index in [-0.39, 0.29) is 0 Å². The summed E-state index contributed by atoms with van der Waals surface area (Å²) < 4.78 is 0. The van der Waals surface area contributed by atoms with Crippen molar-refractivity contribution in [2.75, 3.05) is 17.2 Å². The minimum Gasteiger partial charge on any atom is -0.353 e. The van der Waals surface area contributed by atoms with E-state index in [0.717, 1.165) is 12.2 Å². The van der Waals surface area contributed by atoms with Crippen LogP contribution in [-0.4, -0.2) is 21.7 Å². The third kappa shape index (κ3) is 4.16. The summed E-state index contributed by atoms with van der Waals surface area (Å²) in [6.45, 7) is 11.6. The van der Waals surface area contributed by atoms with Crippen LogP contribution in [0, 0.1) is 12.8 Å². The summed E-state index contributed by atoms with van der Waals surface area (Å²) in [5.74, 6) is 2.23. The fraction of sp³-hybridized carbons (Fsp3) is 0.471. The number of nitrogens with zero attached hydrogens (tertiary/aromatic N) is 3. The Morgan fingerprint density at radius 3 is 2.59 bits per heavy atom. The van der Waals surface area contributed by atoms with Gasteiger partial charge in [0.2, 0.25) is 5.95 Å². The molecule has 1 aromatic carbocycles. The quantitative estimate of drug-likeness (QED) is 0.840. The van der Waals surface area contributed by atoms with Crippen LogP contribution in [0.3, 0.4) is 0 Å². The van der Waals surface area contributed by atoms with Gasteiger partial charge in [0, 0.05) is 12.2 Å². The highest BCUT2D eigenvalue weighted by molar-refractivity contribution is 5.65. The van der Waals surface area contributed by atoms with Crippen LogP contribution < -0.4 is 10.6 Å². The fourth-order valence-corrected chi connectivity index (χ4v) is 2.20. The predicted molar refractivity (Wildman–Crippen MR) is 91.7 cm³/mol. The molecular formula is C17H25N5. The highest BCUT2D eigenvalue weighted by Crippen LogP contribution is 2.29. The molecule has 22 heavy (non-hydrogen) atoms. The lowest BCUT2D eigenvalue weighted by atomic mass is 9.98. The molecule has 0 aliphatic rings. The van der Waals surface area contributed by atoms with Crippen molar-refractivity contribution >= 4 is 17.5 Å². The highest BCUT2D eigenvalue weighted by Gasteiger charge is 2.10. The van der Waals surface area contributed by atoms with Crippen molar-refractivity contribution in [1.29, 1.82) is 0 Å². The summed E-state index contributed by atoms with van der Waals surface area (Å²) >= 11 is 0. The lowest BCUT2D eigenvalue weighted by molar-refractivity contribution is 0.682. The first-order chi connectivity index (χ1) is 10.5. The van der Waals surface area contributed by atoms with E-state index in [0.29, 0.717) is 23.6 Å². The van der Waals surface area contributed by atoms with Gasteiger partial charge in [-0.2, -0.15) is 10.1 Å². The number of anilines is 3. The van der Waals surface area contributed by atoms with Crippen LogP contribution >= 0.6 is 0 Å². The van der Waals surface area contributed by atoms with Crippen LogP contribution in [0.4, 0.5) is 17.5 Å². The third-order valence-electron chi connectivity index (χ3n) is 3.41. The van der Waals surface area contributed by atoms with Crippen LogP contribution in [0.25, 0.3) is 0 Å². The molecule has 5 nitrogen and oxygen atoms in total. The topological polar surface area (TPSA) is 62.7 Å². The number of para-hydroxylation sites is 1. The van der Waals surface area contributed by atoms with Crippen LogP contribution in [0.1, 0.15) is 44.7 Å². The Morgan fingerprint density at radius 2 is 1.91 bits per heavy atom. The van der Waals surface area contributed by atoms with Crippen LogP contribution in [0.2, 0.25) is 0 Å². The number of hydrogen-bond acceptors (Lipinski definition) is 5. The molecule has 2 rings (SSSR count). The minimum absolute atomic E-state index is 0.440. The lowest BCUT2D eigenvalue weighted by Gasteiger charge is -2.17. The Labute approximate surface area is 132 Å². The summed E-state index contributed by atoms with van der Waals surface area (Å²) in [5, 5.41) is 14.6. The maximum absolute atomic E-state index is 4.49. The van der Waals surface area contributed by atoms with Gasteiger partial charge in [-0.1, -0.05) is 45.9 Å². The first-order valence-electron chi connectivity index (χ1n) is 7.77. The monoisotopic (exact) mass is 299 g/mol. The molecule has 1 heterocycles. The normalized spacial score (nSPS) is 11.0. The van der Waals surface area contributed by atoms with Gasteiger partial charge in [-0.05, 0) is 29.9 Å². The molecule has 5 heteroatoms. The molecule has 118 valence electrons. The lowest BCUT2D eigenvalue weighted by Crippen LogP contribution is -2.12. The maximum Gasteiger partial charge on any atom is 0.244 e. The Bertz CT molecular complexity index is 622. The number of benzene rings is 1. The van der Waals surface area contributed by atoms with E-state index in [2.05, 4.69) is 78.6 Å². The van der Waals surface area contributed by atoms with Gasteiger partial charge < -0.3 is 10.6 Å². The Hall–Kier alpha value is -2.17. The average molecular weight is 299 g/mol. The van der Waals surface area contributed by atoms with Crippen molar-refractivity contribution in [3.8, 4) is 0 Å². The van der Waals surface area contributed by atoms with Gasteiger partial charge in [-0.3, -0.25) is 0 Å². The summed E-state index contributed by atoms with van der Waals surface area (Å²) in [4.78, 5) is 4.49. The van der Waals surface area contributed by atoms with Gasteiger partial charge in [0.05, 0.1) is 6.20 Å². The van der Waals surface area contributed by atoms with Gasteiger partial charge >= 0.3 is 0 Å². The number of nitrogens with one attached hydrogen (secondary N) is 2. The summed E-state index contributed by atoms with van der Waals surface area (Å²) in [6.07, 6.45) is 1.65. The van der Waals surface area contributed by atoms with Crippen molar-refractivity contribution < 1.29 is 0 Å². The number of hydrogen-bond donors (Lipinski definition) is 2. The highest BCUT2D eigenvalue weighted by atomic mass is 15.3. The molecule has 0 aliphatic carbocycles. The zero-order valence-electron chi connectivity index (χ0n) is 14.0. The Balaban J connectivity index is 2.22. The van der Waals surface area contributed by atoms with E-state index in [4.69, 9.17) is 0 Å². The van der Waals surface area contributed by atoms with Crippen LogP contribution in [-0.2, 0) is 0 Å². The maximum atomic E-state index is 4.49. The van der Waals surface area contributed by atoms with Gasteiger partial charge in [-0.15, -0.1) is 5.10 Å². The molecule has 0 unspecified atom stereocenters. The Morgan fingerprint density at radius 1 is 1.14 bits per heavy atom. The molecular weight excluding hydrogens is 274 g/mol. The second kappa shape index (κ2) is 7.20. The van der Waals surface area contributed by atoms with E-state index in [1.807, 2.05) is 0 Å². The van der Waals surface area contributed by atoms with E-state index in [1.54, 1.807) is 6.20 Å². The van der Waals surface area contributed by atoms with Gasteiger partial charge in [0.1, 0.15) is 0 Å². The smallest absolute Gasteiger partial charge is 0.244 e. The molecule has 0 fully saturated rings. The largest absolute Gasteiger partial charge is 0.353 e. The number of rotatable bonds is 6. The molecule has 0 radical (unpaired) electrons. The van der Waals surface area contributed by atoms with Crippen LogP contribution in [0.15, 0.2) is 24.4 Å². The zero-order valence-corrected chi connectivity index (χ0v) is 14.0. The molecule has 0 spiro atoms. The van der Waals surface area contributed by atoms with Crippen molar-refractivity contribution in [3.05, 3.63) is 35.5 Å². The molecule has 0 saturated heterocycles. The molecule has 1 aromatic heterocycles.